The Morgan fingerprint density at radius 2 is 1.60 bits per heavy atom. The number of anilines is 2. The standard InChI is InChI=1S/C19H22F3N5O7S/c1-4-33-16(28)18(19(20,21)22,24-17(29)34-5-2)23-12-6-8-13(9-7-12)35(30,31)27-14-10-11-15(32-3)26-25-14/h6-11,23H,4-5H2,1-3H3,(H,24,29)(H,25,27). The van der Waals surface area contributed by atoms with Gasteiger partial charge in [0.1, 0.15) is 0 Å². The summed E-state index contributed by atoms with van der Waals surface area (Å²) >= 11 is 0. The van der Waals surface area contributed by atoms with Crippen LogP contribution in [0.2, 0.25) is 0 Å². The second kappa shape index (κ2) is 11.1. The van der Waals surface area contributed by atoms with Crippen LogP contribution in [0.15, 0.2) is 41.3 Å². The van der Waals surface area contributed by atoms with Gasteiger partial charge in [0.05, 0.1) is 25.2 Å². The lowest BCUT2D eigenvalue weighted by Gasteiger charge is -2.34. The molecule has 3 N–H and O–H groups in total. The van der Waals surface area contributed by atoms with Crippen molar-refractivity contribution in [3.63, 3.8) is 0 Å². The number of methoxy groups -OCH3 is 1. The predicted molar refractivity (Wildman–Crippen MR) is 115 cm³/mol. The molecule has 0 fully saturated rings. The number of amides is 1. The van der Waals surface area contributed by atoms with Gasteiger partial charge >= 0.3 is 23.9 Å². The zero-order valence-corrected chi connectivity index (χ0v) is 19.5. The summed E-state index contributed by atoms with van der Waals surface area (Å²) in [6.07, 6.45) is -6.92. The van der Waals surface area contributed by atoms with E-state index in [0.717, 1.165) is 24.3 Å². The first-order valence-electron chi connectivity index (χ1n) is 9.86. The summed E-state index contributed by atoms with van der Waals surface area (Å²) in [5, 5.41) is 10.6. The van der Waals surface area contributed by atoms with E-state index >= 15 is 0 Å². The Kier molecular flexibility index (Phi) is 8.67. The number of ether oxygens (including phenoxy) is 3. The Bertz CT molecular complexity index is 1130. The van der Waals surface area contributed by atoms with Gasteiger partial charge in [-0.05, 0) is 44.2 Å². The predicted octanol–water partition coefficient (Wildman–Crippen LogP) is 2.27. The van der Waals surface area contributed by atoms with Crippen molar-refractivity contribution in [1.29, 1.82) is 0 Å². The van der Waals surface area contributed by atoms with Crippen LogP contribution < -0.4 is 20.1 Å². The van der Waals surface area contributed by atoms with Crippen molar-refractivity contribution in [3.8, 4) is 5.88 Å². The molecule has 1 amide bonds. The number of alkyl halides is 3. The number of carbonyl (C=O) groups excluding carboxylic acids is 2. The molecule has 0 saturated carbocycles. The summed E-state index contributed by atoms with van der Waals surface area (Å²) < 4.78 is 83.2. The molecule has 0 aliphatic rings. The van der Waals surface area contributed by atoms with E-state index in [2.05, 4.69) is 24.4 Å². The van der Waals surface area contributed by atoms with Crippen LogP contribution in [0.5, 0.6) is 5.88 Å². The summed E-state index contributed by atoms with van der Waals surface area (Å²) in [4.78, 5) is 23.8. The average Bonchev–Trinajstić information content (AvgIpc) is 2.78. The van der Waals surface area contributed by atoms with E-state index in [1.54, 1.807) is 0 Å². The molecule has 1 heterocycles. The zero-order valence-electron chi connectivity index (χ0n) is 18.7. The van der Waals surface area contributed by atoms with Gasteiger partial charge in [-0.2, -0.15) is 13.2 Å². The Morgan fingerprint density at radius 3 is 2.09 bits per heavy atom. The van der Waals surface area contributed by atoms with Gasteiger partial charge in [-0.3, -0.25) is 10.0 Å². The fourth-order valence-electron chi connectivity index (χ4n) is 2.56. The van der Waals surface area contributed by atoms with E-state index < -0.39 is 40.5 Å². The number of alkyl carbamates (subject to hydrolysis) is 1. The lowest BCUT2D eigenvalue weighted by atomic mass is 10.1. The van der Waals surface area contributed by atoms with E-state index in [9.17, 15) is 31.2 Å². The Morgan fingerprint density at radius 1 is 0.971 bits per heavy atom. The van der Waals surface area contributed by atoms with Crippen LogP contribution in [0, 0.1) is 0 Å². The molecule has 35 heavy (non-hydrogen) atoms. The molecule has 0 spiro atoms. The van der Waals surface area contributed by atoms with Crippen molar-refractivity contribution in [2.45, 2.75) is 30.6 Å². The average molecular weight is 521 g/mol. The van der Waals surface area contributed by atoms with Crippen LogP contribution in [-0.4, -0.2) is 62.8 Å². The first kappa shape index (κ1) is 27.4. The van der Waals surface area contributed by atoms with Gasteiger partial charge in [-0.25, -0.2) is 18.0 Å². The maximum absolute atomic E-state index is 14.0. The molecule has 1 atom stereocenters. The van der Waals surface area contributed by atoms with Crippen molar-refractivity contribution in [3.05, 3.63) is 36.4 Å². The van der Waals surface area contributed by atoms with E-state index in [-0.39, 0.29) is 28.9 Å². The van der Waals surface area contributed by atoms with Gasteiger partial charge in [0, 0.05) is 11.8 Å². The summed E-state index contributed by atoms with van der Waals surface area (Å²) in [5.74, 6) is -1.84. The second-order valence-corrected chi connectivity index (χ2v) is 8.21. The molecule has 1 aromatic carbocycles. The Balaban J connectivity index is 2.35. The molecule has 16 heteroatoms. The van der Waals surface area contributed by atoms with E-state index in [0.29, 0.717) is 0 Å². The van der Waals surface area contributed by atoms with Crippen molar-refractivity contribution in [2.24, 2.45) is 0 Å². The number of nitrogens with one attached hydrogen (secondary N) is 3. The molecule has 2 rings (SSSR count). The minimum absolute atomic E-state index is 0.134. The molecule has 192 valence electrons. The number of halogens is 3. The number of hydrogen-bond donors (Lipinski definition) is 3. The number of nitrogens with zero attached hydrogens (tertiary/aromatic N) is 2. The molecule has 0 saturated heterocycles. The molecule has 2 aromatic rings. The number of rotatable bonds is 10. The molecular formula is C19H22F3N5O7S. The largest absolute Gasteiger partial charge is 0.480 e. The molecule has 1 unspecified atom stereocenters. The van der Waals surface area contributed by atoms with Crippen molar-refractivity contribution in [2.75, 3.05) is 30.4 Å². The fraction of sp³-hybridized carbons (Fsp3) is 0.368. The highest BCUT2D eigenvalue weighted by atomic mass is 32.2. The van der Waals surface area contributed by atoms with E-state index in [1.165, 1.54) is 38.4 Å². The molecule has 0 aliphatic heterocycles. The van der Waals surface area contributed by atoms with Crippen LogP contribution >= 0.6 is 0 Å². The zero-order chi connectivity index (χ0) is 26.3. The third-order valence-corrected chi connectivity index (χ3v) is 5.53. The fourth-order valence-corrected chi connectivity index (χ4v) is 3.56. The number of esters is 1. The number of sulfonamides is 1. The van der Waals surface area contributed by atoms with Gasteiger partial charge < -0.3 is 19.5 Å². The molecule has 0 radical (unpaired) electrons. The van der Waals surface area contributed by atoms with E-state index in [4.69, 9.17) is 4.74 Å². The van der Waals surface area contributed by atoms with Crippen LogP contribution in [0.3, 0.4) is 0 Å². The van der Waals surface area contributed by atoms with Gasteiger partial charge in [0.15, 0.2) is 5.82 Å². The van der Waals surface area contributed by atoms with E-state index in [1.807, 2.05) is 5.32 Å². The third kappa shape index (κ3) is 6.62. The molecule has 0 bridgehead atoms. The molecular weight excluding hydrogens is 499 g/mol. The minimum Gasteiger partial charge on any atom is -0.480 e. The third-order valence-electron chi connectivity index (χ3n) is 4.16. The molecule has 0 aliphatic carbocycles. The maximum Gasteiger partial charge on any atom is 0.442 e. The normalized spacial score (nSPS) is 13.2. The van der Waals surface area contributed by atoms with Crippen LogP contribution in [0.25, 0.3) is 0 Å². The van der Waals surface area contributed by atoms with Gasteiger partial charge in [-0.15, -0.1) is 10.2 Å². The van der Waals surface area contributed by atoms with Gasteiger partial charge in [0.25, 0.3) is 10.0 Å². The minimum atomic E-state index is -5.38. The van der Waals surface area contributed by atoms with Crippen molar-refractivity contribution in [1.82, 2.24) is 15.5 Å². The monoisotopic (exact) mass is 521 g/mol. The van der Waals surface area contributed by atoms with Crippen LogP contribution in [0.1, 0.15) is 13.8 Å². The number of hydrogen-bond acceptors (Lipinski definition) is 10. The molecule has 12 nitrogen and oxygen atoms in total. The van der Waals surface area contributed by atoms with Gasteiger partial charge in [0.2, 0.25) is 5.88 Å². The summed E-state index contributed by atoms with van der Waals surface area (Å²) in [6.45, 7) is 1.96. The highest BCUT2D eigenvalue weighted by Gasteiger charge is 2.64. The first-order valence-corrected chi connectivity index (χ1v) is 11.3. The second-order valence-electron chi connectivity index (χ2n) is 6.53. The lowest BCUT2D eigenvalue weighted by molar-refractivity contribution is -0.205. The smallest absolute Gasteiger partial charge is 0.442 e. The lowest BCUT2D eigenvalue weighted by Crippen LogP contribution is -2.69. The highest BCUT2D eigenvalue weighted by Crippen LogP contribution is 2.33. The highest BCUT2D eigenvalue weighted by molar-refractivity contribution is 7.92. The summed E-state index contributed by atoms with van der Waals surface area (Å²) in [6, 6.07) is 6.51. The van der Waals surface area contributed by atoms with Crippen molar-refractivity contribution < 1.29 is 45.4 Å². The van der Waals surface area contributed by atoms with Gasteiger partial charge in [-0.1, -0.05) is 0 Å². The first-order chi connectivity index (χ1) is 16.4. The van der Waals surface area contributed by atoms with Crippen LogP contribution in [-0.2, 0) is 24.3 Å². The summed E-state index contributed by atoms with van der Waals surface area (Å²) in [7, 11) is -2.85. The topological polar surface area (TPSA) is 158 Å². The summed E-state index contributed by atoms with van der Waals surface area (Å²) in [5.41, 5.74) is -4.08. The number of carbonyl (C=O) groups is 2. The molecule has 1 aromatic heterocycles. The Hall–Kier alpha value is -3.82. The Labute approximate surface area is 198 Å². The SMILES string of the molecule is CCOC(=O)NC(Nc1ccc(S(=O)(=O)Nc2ccc(OC)nn2)cc1)(C(=O)OCC)C(F)(F)F. The maximum atomic E-state index is 14.0. The quantitative estimate of drug-likeness (QED) is 0.313. The van der Waals surface area contributed by atoms with Crippen molar-refractivity contribution >= 4 is 33.6 Å². The number of benzene rings is 1. The van der Waals surface area contributed by atoms with Crippen LogP contribution in [0.4, 0.5) is 29.5 Å². The number of aromatic nitrogens is 2.